The molecule has 2 heterocycles. The number of amides is 5. The smallest absolute Gasteiger partial charge is 0.323 e. The minimum Gasteiger partial charge on any atom is -0.488 e. The Hall–Kier alpha value is -5.49. The number of hydrogen-bond donors (Lipinski definition) is 4. The van der Waals surface area contributed by atoms with Crippen molar-refractivity contribution >= 4 is 45.8 Å². The van der Waals surface area contributed by atoms with E-state index in [1.54, 1.807) is 60.2 Å². The van der Waals surface area contributed by atoms with Crippen LogP contribution in [0.2, 0.25) is 0 Å². The third kappa shape index (κ3) is 7.23. The van der Waals surface area contributed by atoms with E-state index in [0.717, 1.165) is 10.8 Å². The SMILES string of the molecule is C[C@@H]1CN([C@H](C)CO)C(=O)Cc2cc(NC(=O)Nc3ccc4c(c3)OCO4)ccc2O[C@@H]1CN(C)C(=O)Nc1cccc2ccccc12. The molecule has 4 N–H and O–H groups in total. The summed E-state index contributed by atoms with van der Waals surface area (Å²) in [6.07, 6.45) is -0.505. The van der Waals surface area contributed by atoms with Crippen molar-refractivity contribution < 1.29 is 33.7 Å². The second-order valence-electron chi connectivity index (χ2n) is 12.2. The van der Waals surface area contributed by atoms with Crippen LogP contribution < -0.4 is 30.2 Å². The minimum absolute atomic E-state index is 0.00415. The monoisotopic (exact) mass is 653 g/mol. The molecule has 0 unspecified atom stereocenters. The van der Waals surface area contributed by atoms with Gasteiger partial charge in [-0.2, -0.15) is 0 Å². The summed E-state index contributed by atoms with van der Waals surface area (Å²) in [5.41, 5.74) is 2.26. The van der Waals surface area contributed by atoms with Crippen LogP contribution >= 0.6 is 0 Å². The topological polar surface area (TPSA) is 142 Å². The lowest BCUT2D eigenvalue weighted by atomic mass is 10.0. The lowest BCUT2D eigenvalue weighted by molar-refractivity contribution is -0.134. The van der Waals surface area contributed by atoms with Crippen LogP contribution in [0.15, 0.2) is 78.9 Å². The van der Waals surface area contributed by atoms with E-state index in [2.05, 4.69) is 16.0 Å². The minimum atomic E-state index is -0.501. The lowest BCUT2D eigenvalue weighted by Crippen LogP contribution is -2.48. The number of nitrogens with one attached hydrogen (secondary N) is 3. The Bertz CT molecular complexity index is 1830. The van der Waals surface area contributed by atoms with E-state index >= 15 is 0 Å². The fourth-order valence-corrected chi connectivity index (χ4v) is 5.89. The van der Waals surface area contributed by atoms with Gasteiger partial charge in [0.25, 0.3) is 0 Å². The molecular formula is C36H39N5O7. The molecule has 4 aromatic rings. The normalized spacial score (nSPS) is 17.7. The van der Waals surface area contributed by atoms with Gasteiger partial charge in [-0.1, -0.05) is 43.3 Å². The predicted molar refractivity (Wildman–Crippen MR) is 183 cm³/mol. The van der Waals surface area contributed by atoms with Crippen molar-refractivity contribution in [2.24, 2.45) is 5.92 Å². The van der Waals surface area contributed by atoms with E-state index in [9.17, 15) is 19.5 Å². The van der Waals surface area contributed by atoms with Crippen LogP contribution in [0.25, 0.3) is 10.8 Å². The summed E-state index contributed by atoms with van der Waals surface area (Å²) in [5, 5.41) is 20.6. The molecule has 12 nitrogen and oxygen atoms in total. The Balaban J connectivity index is 1.20. The molecule has 0 radical (unpaired) electrons. The summed E-state index contributed by atoms with van der Waals surface area (Å²) in [4.78, 5) is 43.1. The van der Waals surface area contributed by atoms with Crippen molar-refractivity contribution in [3.63, 3.8) is 0 Å². The van der Waals surface area contributed by atoms with Crippen LogP contribution in [0, 0.1) is 5.92 Å². The molecule has 2 aliphatic heterocycles. The standard InChI is InChI=1S/C36H39N5O7/c1-22-18-41(23(2)20-42)34(43)16-25-15-26(37-35(44)38-27-12-14-31-32(17-27)47-21-46-31)11-13-30(25)48-33(22)19-40(3)36(45)39-29-10-6-8-24-7-4-5-9-28(24)29/h4-15,17,22-23,33,42H,16,18-21H2,1-3H3,(H,39,45)(H2,37,38,44)/t22-,23-,33-/m1/s1. The van der Waals surface area contributed by atoms with E-state index in [0.29, 0.717) is 46.4 Å². The number of aliphatic hydroxyl groups is 1. The molecule has 12 heteroatoms. The highest BCUT2D eigenvalue weighted by Gasteiger charge is 2.32. The van der Waals surface area contributed by atoms with Gasteiger partial charge in [-0.05, 0) is 48.7 Å². The molecule has 0 fully saturated rings. The number of aliphatic hydroxyl groups excluding tert-OH is 1. The van der Waals surface area contributed by atoms with E-state index < -0.39 is 18.2 Å². The molecule has 5 amide bonds. The average molecular weight is 654 g/mol. The number of benzene rings is 4. The zero-order valence-corrected chi connectivity index (χ0v) is 27.1. The maximum Gasteiger partial charge on any atom is 0.323 e. The lowest BCUT2D eigenvalue weighted by Gasteiger charge is -2.34. The van der Waals surface area contributed by atoms with E-state index in [1.165, 1.54) is 0 Å². The predicted octanol–water partition coefficient (Wildman–Crippen LogP) is 5.53. The van der Waals surface area contributed by atoms with Crippen LogP contribution in [0.3, 0.4) is 0 Å². The second kappa shape index (κ2) is 14.1. The third-order valence-corrected chi connectivity index (χ3v) is 8.64. The molecule has 0 saturated carbocycles. The summed E-state index contributed by atoms with van der Waals surface area (Å²) in [5.74, 6) is 1.24. The van der Waals surface area contributed by atoms with Gasteiger partial charge in [-0.3, -0.25) is 4.79 Å². The van der Waals surface area contributed by atoms with Gasteiger partial charge >= 0.3 is 12.1 Å². The molecule has 0 saturated heterocycles. The van der Waals surface area contributed by atoms with Crippen LogP contribution in [0.1, 0.15) is 19.4 Å². The van der Waals surface area contributed by atoms with E-state index in [4.69, 9.17) is 14.2 Å². The van der Waals surface area contributed by atoms with Gasteiger partial charge in [0.1, 0.15) is 11.9 Å². The number of fused-ring (bicyclic) bond motifs is 3. The van der Waals surface area contributed by atoms with Gasteiger partial charge in [-0.25, -0.2) is 9.59 Å². The van der Waals surface area contributed by atoms with Crippen LogP contribution in [0.4, 0.5) is 26.7 Å². The highest BCUT2D eigenvalue weighted by Crippen LogP contribution is 2.34. The highest BCUT2D eigenvalue weighted by molar-refractivity contribution is 6.02. The molecular weight excluding hydrogens is 614 g/mol. The number of carbonyl (C=O) groups is 3. The average Bonchev–Trinajstić information content (AvgIpc) is 3.56. The van der Waals surface area contributed by atoms with Gasteiger partial charge < -0.3 is 45.1 Å². The number of rotatable bonds is 7. The third-order valence-electron chi connectivity index (χ3n) is 8.64. The molecule has 4 aromatic carbocycles. The van der Waals surface area contributed by atoms with E-state index in [1.807, 2.05) is 49.4 Å². The first-order chi connectivity index (χ1) is 23.2. The molecule has 0 spiro atoms. The Morgan fingerprint density at radius 3 is 2.44 bits per heavy atom. The largest absolute Gasteiger partial charge is 0.488 e. The number of hydrogen-bond acceptors (Lipinski definition) is 7. The van der Waals surface area contributed by atoms with Crippen molar-refractivity contribution in [1.29, 1.82) is 0 Å². The van der Waals surface area contributed by atoms with Crippen LogP contribution in [0.5, 0.6) is 17.2 Å². The van der Waals surface area contributed by atoms with Gasteiger partial charge in [0.05, 0.1) is 31.3 Å². The maximum absolute atomic E-state index is 13.6. The number of anilines is 3. The Labute approximate surface area is 278 Å². The van der Waals surface area contributed by atoms with Crippen LogP contribution in [-0.4, -0.2) is 78.6 Å². The number of urea groups is 2. The summed E-state index contributed by atoms with van der Waals surface area (Å²) in [6.45, 7) is 4.23. The molecule has 2 aliphatic rings. The van der Waals surface area contributed by atoms with Crippen molar-refractivity contribution in [2.75, 3.05) is 49.5 Å². The second-order valence-corrected chi connectivity index (χ2v) is 12.2. The van der Waals surface area contributed by atoms with Gasteiger partial charge in [0, 0.05) is 47.9 Å². The van der Waals surface area contributed by atoms with Crippen molar-refractivity contribution in [2.45, 2.75) is 32.4 Å². The fourth-order valence-electron chi connectivity index (χ4n) is 5.89. The first-order valence-corrected chi connectivity index (χ1v) is 15.9. The maximum atomic E-state index is 13.6. The summed E-state index contributed by atoms with van der Waals surface area (Å²) < 4.78 is 17.3. The van der Waals surface area contributed by atoms with Crippen molar-refractivity contribution in [3.8, 4) is 17.2 Å². The molecule has 3 atom stereocenters. The Morgan fingerprint density at radius 2 is 1.65 bits per heavy atom. The molecule has 6 rings (SSSR count). The summed E-state index contributed by atoms with van der Waals surface area (Å²) >= 11 is 0. The molecule has 0 bridgehead atoms. The molecule has 0 aromatic heterocycles. The first kappa shape index (κ1) is 32.5. The zero-order chi connectivity index (χ0) is 33.8. The van der Waals surface area contributed by atoms with Gasteiger partial charge in [0.2, 0.25) is 12.7 Å². The Morgan fingerprint density at radius 1 is 0.938 bits per heavy atom. The molecule has 0 aliphatic carbocycles. The number of likely N-dealkylation sites (N-methyl/N-ethyl adjacent to an activating group) is 1. The first-order valence-electron chi connectivity index (χ1n) is 15.9. The number of carbonyl (C=O) groups excluding carboxylic acids is 3. The van der Waals surface area contributed by atoms with Gasteiger partial charge in [-0.15, -0.1) is 0 Å². The zero-order valence-electron chi connectivity index (χ0n) is 27.1. The number of ether oxygens (including phenoxy) is 3. The quantitative estimate of drug-likeness (QED) is 0.206. The van der Waals surface area contributed by atoms with Crippen LogP contribution in [-0.2, 0) is 11.2 Å². The van der Waals surface area contributed by atoms with Crippen molar-refractivity contribution in [3.05, 3.63) is 84.4 Å². The van der Waals surface area contributed by atoms with Crippen molar-refractivity contribution in [1.82, 2.24) is 9.80 Å². The number of nitrogens with zero attached hydrogens (tertiary/aromatic N) is 2. The fraction of sp³-hybridized carbons (Fsp3) is 0.306. The van der Waals surface area contributed by atoms with E-state index in [-0.39, 0.29) is 44.2 Å². The summed E-state index contributed by atoms with van der Waals surface area (Å²) in [6, 6.07) is 22.6. The molecule has 48 heavy (non-hydrogen) atoms. The summed E-state index contributed by atoms with van der Waals surface area (Å²) in [7, 11) is 1.70. The Kier molecular flexibility index (Phi) is 9.53. The highest BCUT2D eigenvalue weighted by atomic mass is 16.7. The van der Waals surface area contributed by atoms with Gasteiger partial charge in [0.15, 0.2) is 11.5 Å². The molecule has 250 valence electrons.